The van der Waals surface area contributed by atoms with Gasteiger partial charge < -0.3 is 47.6 Å². The topological polar surface area (TPSA) is 271 Å². The lowest BCUT2D eigenvalue weighted by molar-refractivity contribution is -0.142. The Morgan fingerprint density at radius 2 is 1.33 bits per heavy atom. The first-order valence-corrected chi connectivity index (χ1v) is 12.4. The van der Waals surface area contributed by atoms with Gasteiger partial charge in [0.05, 0.1) is 18.7 Å². The standard InChI is InChI=1S/C23H35N9O7/c24-6-2-1-3-16(21(36)32-18(23(38)39)8-14-10-27-12-29-14)31-22(37)17(4-5-19(33)34)30-20(35)15(25)7-13-9-26-11-28-13/h9-12,15-18H,1-8,24-25H2,(H,26,28)(H,27,29)(H,30,35)(H,31,37)(H,32,36)(H,33,34)(H,38,39). The minimum atomic E-state index is -1.31. The number of unbranched alkanes of at least 4 members (excludes halogenated alkanes) is 1. The monoisotopic (exact) mass is 549 g/mol. The molecule has 2 heterocycles. The Morgan fingerprint density at radius 1 is 0.795 bits per heavy atom. The van der Waals surface area contributed by atoms with E-state index in [2.05, 4.69) is 35.9 Å². The lowest BCUT2D eigenvalue weighted by Crippen LogP contribution is -2.57. The Kier molecular flexibility index (Phi) is 12.5. The number of nitrogens with two attached hydrogens (primary N) is 2. The van der Waals surface area contributed by atoms with Crippen LogP contribution < -0.4 is 27.4 Å². The number of imidazole rings is 2. The van der Waals surface area contributed by atoms with Crippen molar-refractivity contribution >= 4 is 29.7 Å². The first kappa shape index (κ1) is 30.9. The van der Waals surface area contributed by atoms with Crippen LogP contribution in [0.2, 0.25) is 0 Å². The molecule has 0 radical (unpaired) electrons. The van der Waals surface area contributed by atoms with E-state index in [1.807, 2.05) is 0 Å². The predicted molar refractivity (Wildman–Crippen MR) is 136 cm³/mol. The molecule has 0 saturated carbocycles. The Labute approximate surface area is 223 Å². The zero-order chi connectivity index (χ0) is 28.8. The molecule has 214 valence electrons. The van der Waals surface area contributed by atoms with Crippen LogP contribution in [0.5, 0.6) is 0 Å². The van der Waals surface area contributed by atoms with Gasteiger partial charge in [-0.2, -0.15) is 0 Å². The highest BCUT2D eigenvalue weighted by molar-refractivity contribution is 5.94. The fourth-order valence-corrected chi connectivity index (χ4v) is 3.66. The summed E-state index contributed by atoms with van der Waals surface area (Å²) in [5.74, 6) is -4.75. The number of aromatic nitrogens is 4. The normalized spacial score (nSPS) is 14.0. The van der Waals surface area contributed by atoms with Crippen molar-refractivity contribution in [1.29, 1.82) is 0 Å². The van der Waals surface area contributed by atoms with Gasteiger partial charge in [-0.15, -0.1) is 0 Å². The highest BCUT2D eigenvalue weighted by Crippen LogP contribution is 2.07. The van der Waals surface area contributed by atoms with E-state index in [1.54, 1.807) is 0 Å². The largest absolute Gasteiger partial charge is 0.481 e. The predicted octanol–water partition coefficient (Wildman–Crippen LogP) is -2.22. The van der Waals surface area contributed by atoms with Crippen molar-refractivity contribution in [3.05, 3.63) is 36.4 Å². The summed E-state index contributed by atoms with van der Waals surface area (Å²) >= 11 is 0. The first-order chi connectivity index (χ1) is 18.6. The summed E-state index contributed by atoms with van der Waals surface area (Å²) in [6.07, 6.45) is 6.13. The summed E-state index contributed by atoms with van der Waals surface area (Å²) in [5.41, 5.74) is 12.5. The van der Waals surface area contributed by atoms with Crippen LogP contribution in [-0.2, 0) is 36.8 Å². The van der Waals surface area contributed by atoms with Crippen molar-refractivity contribution in [2.75, 3.05) is 6.54 Å². The van der Waals surface area contributed by atoms with Crippen LogP contribution in [0.3, 0.4) is 0 Å². The third-order valence-electron chi connectivity index (χ3n) is 5.78. The van der Waals surface area contributed by atoms with Gasteiger partial charge in [0, 0.05) is 43.0 Å². The number of aromatic amines is 2. The summed E-state index contributed by atoms with van der Waals surface area (Å²) in [5, 5.41) is 26.1. The van der Waals surface area contributed by atoms with Gasteiger partial charge in [0.1, 0.15) is 18.1 Å². The highest BCUT2D eigenvalue weighted by atomic mass is 16.4. The van der Waals surface area contributed by atoms with E-state index in [4.69, 9.17) is 16.6 Å². The van der Waals surface area contributed by atoms with Gasteiger partial charge in [-0.1, -0.05) is 0 Å². The second-order valence-corrected chi connectivity index (χ2v) is 8.91. The average Bonchev–Trinajstić information content (AvgIpc) is 3.59. The van der Waals surface area contributed by atoms with Gasteiger partial charge in [-0.25, -0.2) is 14.8 Å². The van der Waals surface area contributed by atoms with Crippen LogP contribution in [0.4, 0.5) is 0 Å². The SMILES string of the molecule is NCCCCC(NC(=O)C(CCC(=O)O)NC(=O)C(N)Cc1cnc[nH]1)C(=O)NC(Cc1cnc[nH]1)C(=O)O. The van der Waals surface area contributed by atoms with Gasteiger partial charge >= 0.3 is 11.9 Å². The molecule has 0 aliphatic heterocycles. The molecular formula is C23H35N9O7. The number of rotatable bonds is 18. The third kappa shape index (κ3) is 10.9. The summed E-state index contributed by atoms with van der Waals surface area (Å²) in [4.78, 5) is 75.0. The molecule has 0 bridgehead atoms. The zero-order valence-electron chi connectivity index (χ0n) is 21.3. The Morgan fingerprint density at radius 3 is 1.85 bits per heavy atom. The molecule has 0 aliphatic carbocycles. The van der Waals surface area contributed by atoms with Crippen LogP contribution in [0.15, 0.2) is 25.0 Å². The summed E-state index contributed by atoms with van der Waals surface area (Å²) in [7, 11) is 0. The number of nitrogens with zero attached hydrogens (tertiary/aromatic N) is 2. The van der Waals surface area contributed by atoms with E-state index >= 15 is 0 Å². The zero-order valence-corrected chi connectivity index (χ0v) is 21.3. The van der Waals surface area contributed by atoms with E-state index < -0.39 is 60.2 Å². The molecule has 0 fully saturated rings. The molecule has 39 heavy (non-hydrogen) atoms. The van der Waals surface area contributed by atoms with E-state index in [-0.39, 0.29) is 25.7 Å². The molecule has 2 aromatic heterocycles. The van der Waals surface area contributed by atoms with Gasteiger partial charge in [0.25, 0.3) is 0 Å². The number of amides is 3. The van der Waals surface area contributed by atoms with E-state index in [0.717, 1.165) is 0 Å². The van der Waals surface area contributed by atoms with Gasteiger partial charge in [0.15, 0.2) is 0 Å². The third-order valence-corrected chi connectivity index (χ3v) is 5.78. The van der Waals surface area contributed by atoms with Crippen LogP contribution in [0.1, 0.15) is 43.5 Å². The molecule has 0 saturated heterocycles. The van der Waals surface area contributed by atoms with Crippen LogP contribution in [0.25, 0.3) is 0 Å². The highest BCUT2D eigenvalue weighted by Gasteiger charge is 2.30. The molecule has 0 aliphatic rings. The number of nitrogens with one attached hydrogen (secondary N) is 5. The summed E-state index contributed by atoms with van der Waals surface area (Å²) < 4.78 is 0. The fraction of sp³-hybridized carbons (Fsp3) is 0.522. The van der Waals surface area contributed by atoms with E-state index in [1.165, 1.54) is 25.0 Å². The van der Waals surface area contributed by atoms with Crippen molar-refractivity contribution in [2.24, 2.45) is 11.5 Å². The number of carbonyl (C=O) groups excluding carboxylic acids is 3. The van der Waals surface area contributed by atoms with Crippen molar-refractivity contribution in [3.8, 4) is 0 Å². The lowest BCUT2D eigenvalue weighted by Gasteiger charge is -2.25. The maximum atomic E-state index is 13.1. The van der Waals surface area contributed by atoms with Gasteiger partial charge in [0.2, 0.25) is 17.7 Å². The average molecular weight is 550 g/mol. The van der Waals surface area contributed by atoms with Crippen LogP contribution in [-0.4, -0.2) is 90.5 Å². The molecule has 2 rings (SSSR count). The second-order valence-electron chi connectivity index (χ2n) is 8.91. The molecular weight excluding hydrogens is 514 g/mol. The van der Waals surface area contributed by atoms with Crippen molar-refractivity contribution in [2.45, 2.75) is 69.1 Å². The first-order valence-electron chi connectivity index (χ1n) is 12.4. The quantitative estimate of drug-likeness (QED) is 0.0898. The molecule has 4 atom stereocenters. The van der Waals surface area contributed by atoms with E-state index in [9.17, 15) is 29.1 Å². The maximum Gasteiger partial charge on any atom is 0.326 e. The number of carbonyl (C=O) groups is 5. The lowest BCUT2D eigenvalue weighted by atomic mass is 10.0. The molecule has 4 unspecified atom stereocenters. The number of hydrogen-bond donors (Lipinski definition) is 9. The van der Waals surface area contributed by atoms with Gasteiger partial charge in [-0.3, -0.25) is 19.2 Å². The Bertz CT molecular complexity index is 1080. The number of hydrogen-bond acceptors (Lipinski definition) is 9. The number of carboxylic acids is 2. The minimum Gasteiger partial charge on any atom is -0.481 e. The summed E-state index contributed by atoms with van der Waals surface area (Å²) in [6, 6.07) is -4.86. The van der Waals surface area contributed by atoms with Crippen molar-refractivity contribution in [3.63, 3.8) is 0 Å². The molecule has 2 aromatic rings. The molecule has 16 heteroatoms. The van der Waals surface area contributed by atoms with Gasteiger partial charge in [-0.05, 0) is 32.2 Å². The fourth-order valence-electron chi connectivity index (χ4n) is 3.66. The number of carboxylic acid groups (broad SMARTS) is 2. The van der Waals surface area contributed by atoms with E-state index in [0.29, 0.717) is 30.8 Å². The second kappa shape index (κ2) is 15.8. The molecule has 11 N–H and O–H groups in total. The Balaban J connectivity index is 2.12. The molecule has 0 spiro atoms. The molecule has 0 aromatic carbocycles. The van der Waals surface area contributed by atoms with Crippen LogP contribution in [0, 0.1) is 0 Å². The smallest absolute Gasteiger partial charge is 0.326 e. The molecule has 16 nitrogen and oxygen atoms in total. The maximum absolute atomic E-state index is 13.1. The van der Waals surface area contributed by atoms with Crippen molar-refractivity contribution < 1.29 is 34.2 Å². The molecule has 3 amide bonds. The number of aliphatic carboxylic acids is 2. The Hall–Kier alpha value is -4.31. The van der Waals surface area contributed by atoms with Crippen LogP contribution >= 0.6 is 0 Å². The summed E-state index contributed by atoms with van der Waals surface area (Å²) in [6.45, 7) is 0.339. The van der Waals surface area contributed by atoms with Crippen molar-refractivity contribution in [1.82, 2.24) is 35.9 Å². The number of H-pyrrole nitrogens is 2. The minimum absolute atomic E-state index is 0.0734.